The molecule has 0 aliphatic carbocycles. The van der Waals surface area contributed by atoms with E-state index in [1.807, 2.05) is 72.8 Å². The number of hydrogen-bond acceptors (Lipinski definition) is 10. The molecule has 0 aromatic carbocycles. The Morgan fingerprint density at radius 3 is 0.913 bits per heavy atom. The largest absolute Gasteiger partial charge is 0.790 e. The monoisotopic (exact) mass is 848 g/mol. The van der Waals surface area contributed by atoms with Crippen LogP contribution in [0, 0.1) is 0 Å². The van der Waals surface area contributed by atoms with E-state index >= 15 is 0 Å². The molecule has 4 N–H and O–H groups in total. The van der Waals surface area contributed by atoms with Crippen LogP contribution in [-0.4, -0.2) is 77.5 Å². The van der Waals surface area contributed by atoms with Crippen LogP contribution in [0.1, 0.15) is 13.8 Å². The second kappa shape index (κ2) is 26.7. The molecule has 0 aliphatic heterocycles. The van der Waals surface area contributed by atoms with Gasteiger partial charge in [0.1, 0.15) is 12.1 Å². The van der Waals surface area contributed by atoms with Crippen LogP contribution in [0.4, 0.5) is 0 Å². The Labute approximate surface area is 305 Å². The number of aromatic nitrogens is 4. The fourth-order valence-electron chi connectivity index (χ4n) is 2.90. The molecule has 16 heteroatoms. The van der Waals surface area contributed by atoms with E-state index in [1.54, 1.807) is 24.8 Å². The number of rotatable bonds is 8. The predicted molar refractivity (Wildman–Crippen MR) is 170 cm³/mol. The maximum Gasteiger partial charge on any atom is 0.324 e. The summed E-state index contributed by atoms with van der Waals surface area (Å²) in [6, 6.07) is 21.3. The smallest absolute Gasteiger partial charge is 0.324 e. The van der Waals surface area contributed by atoms with Crippen LogP contribution >= 0.6 is 0 Å². The summed E-state index contributed by atoms with van der Waals surface area (Å²) in [5.74, 6) is -2.95. The van der Waals surface area contributed by atoms with Crippen molar-refractivity contribution in [1.82, 2.24) is 30.6 Å². The molecule has 0 saturated heterocycles. The van der Waals surface area contributed by atoms with Gasteiger partial charge in [0.25, 0.3) is 0 Å². The molecule has 4 aromatic heterocycles. The van der Waals surface area contributed by atoms with E-state index in [0.717, 1.165) is 22.8 Å². The minimum Gasteiger partial charge on any atom is -0.790 e. The molecular formula is C30H32N6O6Pd2S2-2. The Morgan fingerprint density at radius 1 is 0.565 bits per heavy atom. The first-order chi connectivity index (χ1) is 21.1. The van der Waals surface area contributed by atoms with Gasteiger partial charge in [0.15, 0.2) is 0 Å². The SMILES string of the molecule is CC(=O)NC(C[S-])C(=O)O.CC(=O)NC(C[S-])C(=O)O.[Pd].[Pd].c1ccc(-c2ccccn2)nc1.c1ccc(-c2ccccn2)nc1. The van der Waals surface area contributed by atoms with E-state index in [2.05, 4.69) is 55.8 Å². The molecule has 0 radical (unpaired) electrons. The van der Waals surface area contributed by atoms with Crippen LogP contribution in [0.25, 0.3) is 22.8 Å². The van der Waals surface area contributed by atoms with Gasteiger partial charge in [-0.15, -0.1) is 11.5 Å². The molecule has 4 rings (SSSR count). The van der Waals surface area contributed by atoms with E-state index in [0.29, 0.717) is 0 Å². The van der Waals surface area contributed by atoms with Gasteiger partial charge in [-0.3, -0.25) is 39.1 Å². The van der Waals surface area contributed by atoms with Gasteiger partial charge in [0.2, 0.25) is 11.8 Å². The maximum atomic E-state index is 10.3. The third-order valence-electron chi connectivity index (χ3n) is 4.87. The number of nitrogens with zero attached hydrogens (tertiary/aromatic N) is 4. The summed E-state index contributed by atoms with van der Waals surface area (Å²) in [7, 11) is 0. The molecule has 4 heterocycles. The Hall–Kier alpha value is -3.50. The van der Waals surface area contributed by atoms with Gasteiger partial charge in [-0.1, -0.05) is 24.3 Å². The quantitative estimate of drug-likeness (QED) is 0.150. The molecule has 0 aliphatic rings. The van der Waals surface area contributed by atoms with Crippen LogP contribution < -0.4 is 10.6 Å². The number of pyridine rings is 4. The van der Waals surface area contributed by atoms with Crippen molar-refractivity contribution >= 4 is 49.0 Å². The Kier molecular flexibility index (Phi) is 25.9. The Bertz CT molecular complexity index is 1230. The average molecular weight is 850 g/mol. The van der Waals surface area contributed by atoms with Crippen molar-refractivity contribution in [2.24, 2.45) is 0 Å². The molecule has 0 bridgehead atoms. The summed E-state index contributed by atoms with van der Waals surface area (Å²) >= 11 is 8.95. The summed E-state index contributed by atoms with van der Waals surface area (Å²) in [5, 5.41) is 21.1. The van der Waals surface area contributed by atoms with Gasteiger partial charge in [0, 0.05) is 79.5 Å². The van der Waals surface area contributed by atoms with Crippen LogP contribution in [0.2, 0.25) is 0 Å². The molecular weight excluding hydrogens is 817 g/mol. The van der Waals surface area contributed by atoms with Gasteiger partial charge < -0.3 is 46.1 Å². The first kappa shape index (κ1) is 44.6. The normalized spacial score (nSPS) is 10.3. The van der Waals surface area contributed by atoms with Gasteiger partial charge in [-0.25, -0.2) is 0 Å². The molecule has 2 atom stereocenters. The van der Waals surface area contributed by atoms with Crippen molar-refractivity contribution in [2.75, 3.05) is 11.5 Å². The molecule has 4 aromatic rings. The van der Waals surface area contributed by atoms with Crippen LogP contribution in [-0.2, 0) is 85.3 Å². The van der Waals surface area contributed by atoms with E-state index in [1.165, 1.54) is 13.8 Å². The summed E-state index contributed by atoms with van der Waals surface area (Å²) in [5.41, 5.74) is 3.66. The second-order valence-corrected chi connectivity index (χ2v) is 9.04. The van der Waals surface area contributed by atoms with E-state index in [9.17, 15) is 19.2 Å². The first-order valence-electron chi connectivity index (χ1n) is 12.9. The van der Waals surface area contributed by atoms with E-state index < -0.39 is 24.0 Å². The summed E-state index contributed by atoms with van der Waals surface area (Å²) in [4.78, 5) is 57.7. The van der Waals surface area contributed by atoms with Crippen molar-refractivity contribution in [1.29, 1.82) is 0 Å². The Morgan fingerprint density at radius 2 is 0.804 bits per heavy atom. The molecule has 0 fully saturated rings. The number of aliphatic carboxylic acids is 2. The summed E-state index contributed by atoms with van der Waals surface area (Å²) in [6.07, 6.45) is 7.07. The summed E-state index contributed by atoms with van der Waals surface area (Å²) in [6.45, 7) is 2.50. The van der Waals surface area contributed by atoms with Crippen molar-refractivity contribution in [2.45, 2.75) is 25.9 Å². The molecule has 46 heavy (non-hydrogen) atoms. The van der Waals surface area contributed by atoms with Gasteiger partial charge >= 0.3 is 11.9 Å². The fourth-order valence-corrected chi connectivity index (χ4v) is 3.35. The summed E-state index contributed by atoms with van der Waals surface area (Å²) < 4.78 is 0. The van der Waals surface area contributed by atoms with Gasteiger partial charge in [0.05, 0.1) is 22.8 Å². The van der Waals surface area contributed by atoms with Gasteiger partial charge in [-0.2, -0.15) is 0 Å². The number of carboxylic acids is 2. The first-order valence-corrected chi connectivity index (χ1v) is 14.0. The molecule has 0 spiro atoms. The van der Waals surface area contributed by atoms with Crippen molar-refractivity contribution < 1.29 is 70.2 Å². The molecule has 252 valence electrons. The number of hydrogen-bond donors (Lipinski definition) is 4. The second-order valence-electron chi connectivity index (χ2n) is 8.38. The number of carboxylic acid groups (broad SMARTS) is 2. The molecule has 2 unspecified atom stereocenters. The number of nitrogens with one attached hydrogen (secondary N) is 2. The maximum absolute atomic E-state index is 10.3. The van der Waals surface area contributed by atoms with E-state index in [4.69, 9.17) is 10.2 Å². The van der Waals surface area contributed by atoms with E-state index in [-0.39, 0.29) is 64.2 Å². The molecule has 12 nitrogen and oxygen atoms in total. The third kappa shape index (κ3) is 19.8. The zero-order chi connectivity index (χ0) is 32.7. The van der Waals surface area contributed by atoms with Gasteiger partial charge in [-0.05, 0) is 48.5 Å². The third-order valence-corrected chi connectivity index (χ3v) is 5.54. The number of carbonyl (C=O) groups is 4. The minimum atomic E-state index is -1.09. The fraction of sp³-hybridized carbons (Fsp3) is 0.200. The number of amides is 2. The van der Waals surface area contributed by atoms with Crippen molar-refractivity contribution in [3.8, 4) is 22.8 Å². The molecule has 2 amide bonds. The number of carbonyl (C=O) groups excluding carboxylic acids is 2. The minimum absolute atomic E-state index is 0. The zero-order valence-corrected chi connectivity index (χ0v) is 29.3. The van der Waals surface area contributed by atoms with Crippen LogP contribution in [0.15, 0.2) is 97.6 Å². The van der Waals surface area contributed by atoms with Crippen molar-refractivity contribution in [3.63, 3.8) is 0 Å². The Balaban J connectivity index is 0. The van der Waals surface area contributed by atoms with Crippen molar-refractivity contribution in [3.05, 3.63) is 97.6 Å². The topological polar surface area (TPSA) is 184 Å². The standard InChI is InChI=1S/2C10H8N2.2C5H9NO3S.2Pd/c2*1-3-7-11-9(5-1)10-6-2-4-8-12-10;2*1-3(7)6-4(2-10)5(8)9;;/h2*1-8H;2*4,10H,2H2,1H3,(H,6,7)(H,8,9);;/p-2. The zero-order valence-electron chi connectivity index (χ0n) is 24.6. The van der Waals surface area contributed by atoms with Crippen LogP contribution in [0.5, 0.6) is 0 Å². The molecule has 0 saturated carbocycles. The van der Waals surface area contributed by atoms with Crippen LogP contribution in [0.3, 0.4) is 0 Å². The predicted octanol–water partition coefficient (Wildman–Crippen LogP) is 2.53. The average Bonchev–Trinajstić information content (AvgIpc) is 3.04.